The fraction of sp³-hybridized carbons (Fsp3) is 0.280. The summed E-state index contributed by atoms with van der Waals surface area (Å²) in [5.41, 5.74) is 2.70. The molecule has 0 saturated heterocycles. The van der Waals surface area contributed by atoms with Gasteiger partial charge >= 0.3 is 5.69 Å². The first kappa shape index (κ1) is 21.8. The van der Waals surface area contributed by atoms with Crippen molar-refractivity contribution in [3.05, 3.63) is 74.6 Å². The van der Waals surface area contributed by atoms with Crippen LogP contribution >= 0.6 is 0 Å². The molecule has 0 amide bonds. The predicted molar refractivity (Wildman–Crippen MR) is 127 cm³/mol. The second-order valence-electron chi connectivity index (χ2n) is 8.21. The summed E-state index contributed by atoms with van der Waals surface area (Å²) < 4.78 is 21.6. The van der Waals surface area contributed by atoms with Crippen LogP contribution in [0.25, 0.3) is 22.2 Å². The number of methoxy groups -OCH3 is 2. The smallest absolute Gasteiger partial charge is 0.331 e. The molecule has 1 atom stereocenters. The summed E-state index contributed by atoms with van der Waals surface area (Å²) in [7, 11) is 6.06. The molecule has 0 spiro atoms. The number of hydrogen-bond donors (Lipinski definition) is 1. The van der Waals surface area contributed by atoms with Gasteiger partial charge in [0.05, 0.1) is 43.1 Å². The minimum atomic E-state index is -0.630. The van der Waals surface area contributed by atoms with Gasteiger partial charge in [-0.15, -0.1) is 0 Å². The Morgan fingerprint density at radius 2 is 1.65 bits per heavy atom. The largest absolute Gasteiger partial charge is 0.502 e. The van der Waals surface area contributed by atoms with Crippen LogP contribution in [0.1, 0.15) is 17.4 Å². The number of rotatable bonds is 4. The molecule has 1 aliphatic heterocycles. The van der Waals surface area contributed by atoms with Crippen LogP contribution in [-0.2, 0) is 25.4 Å². The number of aromatic nitrogens is 3. The minimum Gasteiger partial charge on any atom is -0.502 e. The predicted octanol–water partition coefficient (Wildman–Crippen LogP) is 2.55. The van der Waals surface area contributed by atoms with E-state index in [2.05, 4.69) is 4.57 Å². The van der Waals surface area contributed by atoms with Crippen molar-refractivity contribution in [3.63, 3.8) is 0 Å². The molecular weight excluding hydrogens is 438 g/mol. The summed E-state index contributed by atoms with van der Waals surface area (Å²) in [6.45, 7) is 0.896. The highest BCUT2D eigenvalue weighted by Crippen LogP contribution is 2.44. The molecule has 0 saturated carbocycles. The highest BCUT2D eigenvalue weighted by Gasteiger charge is 2.34. The molecule has 9 heteroatoms. The summed E-state index contributed by atoms with van der Waals surface area (Å²) in [4.78, 5) is 26.4. The number of hydrogen-bond acceptors (Lipinski definition) is 6. The SMILES string of the molecule is COc1cc([C@H]2OCCn3c(-c4ccccc4)c4c(=O)n(C)c(=O)n(C)c4c32)cc(OC)c1O. The summed E-state index contributed by atoms with van der Waals surface area (Å²) in [6.07, 6.45) is -0.630. The maximum atomic E-state index is 13.4. The number of phenols is 1. The molecule has 9 nitrogen and oxygen atoms in total. The topological polar surface area (TPSA) is 96.9 Å². The summed E-state index contributed by atoms with van der Waals surface area (Å²) in [5, 5.41) is 10.9. The Hall–Kier alpha value is -3.98. The standard InChI is InChI=1S/C25H25N3O6/c1-26-20-18(24(30)27(2)25(26)31)19(14-8-6-5-7-9-14)28-10-11-34-23(21(20)28)15-12-16(32-3)22(29)17(13-15)33-4/h5-9,12-13,23,29H,10-11H2,1-4H3/t23-/m1/s1. The van der Waals surface area contributed by atoms with Crippen LogP contribution in [0.5, 0.6) is 17.2 Å². The van der Waals surface area contributed by atoms with Crippen molar-refractivity contribution in [2.45, 2.75) is 12.6 Å². The van der Waals surface area contributed by atoms with Crippen LogP contribution in [0.3, 0.4) is 0 Å². The Morgan fingerprint density at radius 1 is 1.00 bits per heavy atom. The van der Waals surface area contributed by atoms with Crippen molar-refractivity contribution in [2.24, 2.45) is 14.1 Å². The third-order valence-electron chi connectivity index (χ3n) is 6.40. The maximum Gasteiger partial charge on any atom is 0.331 e. The van der Waals surface area contributed by atoms with Gasteiger partial charge in [-0.3, -0.25) is 13.9 Å². The summed E-state index contributed by atoms with van der Waals surface area (Å²) >= 11 is 0. The van der Waals surface area contributed by atoms with Crippen LogP contribution < -0.4 is 20.7 Å². The average molecular weight is 463 g/mol. The molecule has 34 heavy (non-hydrogen) atoms. The van der Waals surface area contributed by atoms with Gasteiger partial charge in [0.25, 0.3) is 5.56 Å². The summed E-state index contributed by atoms with van der Waals surface area (Å²) in [6, 6.07) is 13.0. The Bertz CT molecular complexity index is 1510. The molecule has 1 aliphatic rings. The van der Waals surface area contributed by atoms with Gasteiger partial charge in [0, 0.05) is 20.6 Å². The average Bonchev–Trinajstić information content (AvgIpc) is 3.22. The number of aromatic hydroxyl groups is 1. The monoisotopic (exact) mass is 463 g/mol. The van der Waals surface area contributed by atoms with E-state index >= 15 is 0 Å². The molecule has 0 fully saturated rings. The molecule has 2 aromatic carbocycles. The van der Waals surface area contributed by atoms with Crippen molar-refractivity contribution in [1.29, 1.82) is 0 Å². The zero-order valence-electron chi connectivity index (χ0n) is 19.4. The number of fused-ring (bicyclic) bond motifs is 3. The van der Waals surface area contributed by atoms with Crippen molar-refractivity contribution < 1.29 is 19.3 Å². The van der Waals surface area contributed by atoms with Crippen LogP contribution in [0.4, 0.5) is 0 Å². The Balaban J connectivity index is 1.91. The van der Waals surface area contributed by atoms with E-state index in [4.69, 9.17) is 14.2 Å². The number of benzene rings is 2. The van der Waals surface area contributed by atoms with Gasteiger partial charge in [-0.05, 0) is 23.3 Å². The zero-order chi connectivity index (χ0) is 24.1. The third-order valence-corrected chi connectivity index (χ3v) is 6.40. The number of ether oxygens (including phenoxy) is 3. The van der Waals surface area contributed by atoms with E-state index in [0.717, 1.165) is 15.8 Å². The molecule has 3 heterocycles. The zero-order valence-corrected chi connectivity index (χ0v) is 19.4. The van der Waals surface area contributed by atoms with E-state index in [1.807, 2.05) is 30.3 Å². The quantitative estimate of drug-likeness (QED) is 0.500. The molecule has 5 rings (SSSR count). The van der Waals surface area contributed by atoms with E-state index < -0.39 is 11.8 Å². The van der Waals surface area contributed by atoms with Crippen LogP contribution in [0, 0.1) is 0 Å². The van der Waals surface area contributed by atoms with Gasteiger partial charge in [0.15, 0.2) is 11.5 Å². The van der Waals surface area contributed by atoms with Gasteiger partial charge in [0.1, 0.15) is 6.10 Å². The molecule has 0 bridgehead atoms. The van der Waals surface area contributed by atoms with E-state index in [0.29, 0.717) is 35.3 Å². The third kappa shape index (κ3) is 3.04. The Labute approximate surface area is 195 Å². The number of aryl methyl sites for hydroxylation is 1. The molecule has 0 unspecified atom stereocenters. The molecular formula is C25H25N3O6. The van der Waals surface area contributed by atoms with Crippen molar-refractivity contribution >= 4 is 10.9 Å². The minimum absolute atomic E-state index is 0.115. The van der Waals surface area contributed by atoms with E-state index in [9.17, 15) is 14.7 Å². The normalized spacial score (nSPS) is 15.4. The highest BCUT2D eigenvalue weighted by molar-refractivity contribution is 5.96. The van der Waals surface area contributed by atoms with Crippen LogP contribution in [-0.4, -0.2) is 39.6 Å². The van der Waals surface area contributed by atoms with Gasteiger partial charge in [-0.2, -0.15) is 0 Å². The van der Waals surface area contributed by atoms with Gasteiger partial charge < -0.3 is 23.9 Å². The molecule has 2 aromatic heterocycles. The lowest BCUT2D eigenvalue weighted by Crippen LogP contribution is -2.37. The Kier molecular flexibility index (Phi) is 5.21. The summed E-state index contributed by atoms with van der Waals surface area (Å²) in [5.74, 6) is 0.356. The lowest BCUT2D eigenvalue weighted by atomic mass is 10.0. The first-order valence-corrected chi connectivity index (χ1v) is 10.8. The van der Waals surface area contributed by atoms with E-state index in [1.54, 1.807) is 19.2 Å². The number of phenolic OH excluding ortho intramolecular Hbond substituents is 1. The van der Waals surface area contributed by atoms with Crippen molar-refractivity contribution in [1.82, 2.24) is 13.7 Å². The fourth-order valence-electron chi connectivity index (χ4n) is 4.79. The van der Waals surface area contributed by atoms with Gasteiger partial charge in [-0.25, -0.2) is 4.79 Å². The van der Waals surface area contributed by atoms with Crippen LogP contribution in [0.15, 0.2) is 52.1 Å². The molecule has 4 aromatic rings. The maximum absolute atomic E-state index is 13.4. The van der Waals surface area contributed by atoms with Crippen molar-refractivity contribution in [2.75, 3.05) is 20.8 Å². The molecule has 176 valence electrons. The molecule has 1 N–H and O–H groups in total. The molecule has 0 aliphatic carbocycles. The lowest BCUT2D eigenvalue weighted by Gasteiger charge is -2.28. The van der Waals surface area contributed by atoms with E-state index in [1.165, 1.54) is 25.8 Å². The van der Waals surface area contributed by atoms with Crippen molar-refractivity contribution in [3.8, 4) is 28.5 Å². The second-order valence-corrected chi connectivity index (χ2v) is 8.21. The number of nitrogens with zero attached hydrogens (tertiary/aromatic N) is 3. The van der Waals surface area contributed by atoms with Crippen LogP contribution in [0.2, 0.25) is 0 Å². The first-order chi connectivity index (χ1) is 16.4. The highest BCUT2D eigenvalue weighted by atomic mass is 16.5. The molecule has 0 radical (unpaired) electrons. The fourth-order valence-corrected chi connectivity index (χ4v) is 4.79. The lowest BCUT2D eigenvalue weighted by molar-refractivity contribution is 0.0475. The second kappa shape index (κ2) is 8.11. The van der Waals surface area contributed by atoms with Gasteiger partial charge in [-0.1, -0.05) is 30.3 Å². The van der Waals surface area contributed by atoms with E-state index in [-0.39, 0.29) is 22.8 Å². The Morgan fingerprint density at radius 3 is 2.26 bits per heavy atom. The van der Waals surface area contributed by atoms with Gasteiger partial charge in [0.2, 0.25) is 5.75 Å². The first-order valence-electron chi connectivity index (χ1n) is 10.8.